The highest BCUT2D eigenvalue weighted by Gasteiger charge is 2.29. The Morgan fingerprint density at radius 1 is 0.974 bits per heavy atom. The average molecular weight is 509 g/mol. The molecule has 1 aliphatic heterocycles. The van der Waals surface area contributed by atoms with Gasteiger partial charge in [-0.2, -0.15) is 5.10 Å². The Balaban J connectivity index is 1.52. The molecule has 0 radical (unpaired) electrons. The van der Waals surface area contributed by atoms with Crippen LogP contribution in [0.5, 0.6) is 5.75 Å². The number of ether oxygens (including phenoxy) is 1. The summed E-state index contributed by atoms with van der Waals surface area (Å²) in [4.78, 5) is 18.0. The van der Waals surface area contributed by atoms with Crippen LogP contribution in [0.4, 0.5) is 0 Å². The van der Waals surface area contributed by atoms with E-state index < -0.39 is 0 Å². The summed E-state index contributed by atoms with van der Waals surface area (Å²) in [7, 11) is 1.69. The highest BCUT2D eigenvalue weighted by molar-refractivity contribution is 5.94. The fourth-order valence-electron chi connectivity index (χ4n) is 5.25. The molecule has 1 amide bonds. The number of nitrogens with zero attached hydrogens (tertiary/aromatic N) is 4. The van der Waals surface area contributed by atoms with Crippen molar-refractivity contribution in [1.82, 2.24) is 19.6 Å². The van der Waals surface area contributed by atoms with E-state index in [2.05, 4.69) is 49.1 Å². The van der Waals surface area contributed by atoms with Crippen molar-refractivity contribution in [2.24, 2.45) is 5.92 Å². The Morgan fingerprint density at radius 3 is 2.37 bits per heavy atom. The predicted octanol–water partition coefficient (Wildman–Crippen LogP) is 5.74. The number of amides is 1. The normalized spacial score (nSPS) is 13.4. The van der Waals surface area contributed by atoms with Crippen LogP contribution in [-0.2, 0) is 26.1 Å². The van der Waals surface area contributed by atoms with Crippen LogP contribution in [0.25, 0.3) is 5.69 Å². The monoisotopic (exact) mass is 508 g/mol. The van der Waals surface area contributed by atoms with Gasteiger partial charge in [0.2, 0.25) is 0 Å². The predicted molar refractivity (Wildman–Crippen MR) is 150 cm³/mol. The van der Waals surface area contributed by atoms with Crippen molar-refractivity contribution in [3.05, 3.63) is 113 Å². The summed E-state index contributed by atoms with van der Waals surface area (Å²) >= 11 is 0. The molecule has 2 heterocycles. The number of carbonyl (C=O) groups excluding carboxylic acids is 1. The first-order chi connectivity index (χ1) is 18.5. The Hall–Kier alpha value is -3.90. The molecule has 6 heteroatoms. The summed E-state index contributed by atoms with van der Waals surface area (Å²) in [5.41, 5.74) is 6.30. The maximum absolute atomic E-state index is 13.6. The van der Waals surface area contributed by atoms with E-state index in [4.69, 9.17) is 9.84 Å². The zero-order chi connectivity index (χ0) is 26.5. The molecule has 0 aliphatic carbocycles. The van der Waals surface area contributed by atoms with Crippen LogP contribution in [0.2, 0.25) is 0 Å². The second-order valence-corrected chi connectivity index (χ2v) is 10.3. The molecule has 1 aliphatic rings. The Kier molecular flexibility index (Phi) is 7.89. The molecular weight excluding hydrogens is 472 g/mol. The quantitative estimate of drug-likeness (QED) is 0.289. The largest absolute Gasteiger partial charge is 0.494 e. The van der Waals surface area contributed by atoms with Crippen molar-refractivity contribution in [1.29, 1.82) is 0 Å². The van der Waals surface area contributed by atoms with Crippen LogP contribution in [0.1, 0.15) is 46.7 Å². The highest BCUT2D eigenvalue weighted by atomic mass is 16.5. The fraction of sp³-hybridized carbons (Fsp3) is 0.312. The van der Waals surface area contributed by atoms with E-state index in [1.165, 1.54) is 16.8 Å². The fourth-order valence-corrected chi connectivity index (χ4v) is 5.25. The molecule has 0 bridgehead atoms. The number of hydrogen-bond donors (Lipinski definition) is 0. The lowest BCUT2D eigenvalue weighted by atomic mass is 10.0. The molecule has 0 spiro atoms. The first-order valence-electron chi connectivity index (χ1n) is 13.4. The molecule has 0 fully saturated rings. The second-order valence-electron chi connectivity index (χ2n) is 10.3. The summed E-state index contributed by atoms with van der Waals surface area (Å²) < 4.78 is 7.74. The van der Waals surface area contributed by atoms with Gasteiger partial charge >= 0.3 is 0 Å². The lowest BCUT2D eigenvalue weighted by Crippen LogP contribution is -2.35. The molecule has 6 nitrogen and oxygen atoms in total. The Bertz CT molecular complexity index is 1360. The molecule has 0 saturated heterocycles. The number of benzene rings is 3. The molecule has 0 unspecified atom stereocenters. The van der Waals surface area contributed by atoms with E-state index in [9.17, 15) is 4.79 Å². The van der Waals surface area contributed by atoms with E-state index in [0.717, 1.165) is 43.2 Å². The van der Waals surface area contributed by atoms with E-state index in [1.54, 1.807) is 7.11 Å². The minimum atomic E-state index is 0.0387. The number of rotatable bonds is 9. The van der Waals surface area contributed by atoms with Gasteiger partial charge in [-0.3, -0.25) is 9.69 Å². The molecular formula is C32H36N4O2. The van der Waals surface area contributed by atoms with Crippen LogP contribution in [0.15, 0.2) is 84.9 Å². The van der Waals surface area contributed by atoms with Gasteiger partial charge < -0.3 is 9.64 Å². The van der Waals surface area contributed by atoms with Gasteiger partial charge in [-0.15, -0.1) is 0 Å². The number of aromatic nitrogens is 2. The number of hydrogen-bond acceptors (Lipinski definition) is 4. The van der Waals surface area contributed by atoms with Gasteiger partial charge in [0, 0.05) is 43.7 Å². The van der Waals surface area contributed by atoms with Crippen molar-refractivity contribution >= 4 is 5.91 Å². The Labute approximate surface area is 225 Å². The second kappa shape index (κ2) is 11.7. The zero-order valence-corrected chi connectivity index (χ0v) is 22.5. The van der Waals surface area contributed by atoms with E-state index in [1.807, 2.05) is 64.2 Å². The number of methoxy groups -OCH3 is 1. The van der Waals surface area contributed by atoms with E-state index >= 15 is 0 Å². The average Bonchev–Trinajstić information content (AvgIpc) is 3.30. The minimum Gasteiger partial charge on any atom is -0.494 e. The van der Waals surface area contributed by atoms with E-state index in [0.29, 0.717) is 24.6 Å². The van der Waals surface area contributed by atoms with Crippen molar-refractivity contribution in [2.45, 2.75) is 39.9 Å². The number of para-hydroxylation sites is 2. The third-order valence-electron chi connectivity index (χ3n) is 7.02. The molecule has 3 aromatic carbocycles. The molecule has 4 aromatic rings. The molecule has 0 atom stereocenters. The third-order valence-corrected chi connectivity index (χ3v) is 7.02. The van der Waals surface area contributed by atoms with Crippen molar-refractivity contribution < 1.29 is 9.53 Å². The summed E-state index contributed by atoms with van der Waals surface area (Å²) in [6.45, 7) is 8.06. The first kappa shape index (κ1) is 25.7. The molecule has 5 rings (SSSR count). The maximum Gasteiger partial charge on any atom is 0.254 e. The SMILES string of the molecule is COc1ccccc1-n1nc(CN(CC(C)C)C(=O)c2ccccc2)c2c1CCN(Cc1ccccc1)C2. The van der Waals surface area contributed by atoms with Crippen LogP contribution in [-0.4, -0.2) is 45.7 Å². The van der Waals surface area contributed by atoms with Gasteiger partial charge in [0.15, 0.2) is 0 Å². The molecule has 196 valence electrons. The lowest BCUT2D eigenvalue weighted by molar-refractivity contribution is 0.0719. The standard InChI is InChI=1S/C32H36N4O2/c1-24(2)20-35(32(37)26-14-8-5-9-15-26)23-28-27-22-34(21-25-12-6-4-7-13-25)19-18-29(27)36(33-28)30-16-10-11-17-31(30)38-3/h4-17,24H,18-23H2,1-3H3. The zero-order valence-electron chi connectivity index (χ0n) is 22.5. The molecule has 0 saturated carbocycles. The van der Waals surface area contributed by atoms with Crippen molar-refractivity contribution in [3.63, 3.8) is 0 Å². The first-order valence-corrected chi connectivity index (χ1v) is 13.4. The van der Waals surface area contributed by atoms with Gasteiger partial charge in [-0.1, -0.05) is 74.5 Å². The van der Waals surface area contributed by atoms with Crippen LogP contribution in [0, 0.1) is 5.92 Å². The van der Waals surface area contributed by atoms with Gasteiger partial charge in [-0.05, 0) is 35.7 Å². The highest BCUT2D eigenvalue weighted by Crippen LogP contribution is 2.31. The van der Waals surface area contributed by atoms with Crippen LogP contribution < -0.4 is 4.74 Å². The topological polar surface area (TPSA) is 50.6 Å². The van der Waals surface area contributed by atoms with Gasteiger partial charge in [-0.25, -0.2) is 4.68 Å². The van der Waals surface area contributed by atoms with Crippen LogP contribution in [0.3, 0.4) is 0 Å². The smallest absolute Gasteiger partial charge is 0.254 e. The van der Waals surface area contributed by atoms with Gasteiger partial charge in [0.1, 0.15) is 11.4 Å². The van der Waals surface area contributed by atoms with Crippen LogP contribution >= 0.6 is 0 Å². The van der Waals surface area contributed by atoms with E-state index in [-0.39, 0.29) is 5.91 Å². The number of fused-ring (bicyclic) bond motifs is 1. The summed E-state index contributed by atoms with van der Waals surface area (Å²) in [5.74, 6) is 1.16. The van der Waals surface area contributed by atoms with Crippen molar-refractivity contribution in [2.75, 3.05) is 20.2 Å². The lowest BCUT2D eigenvalue weighted by Gasteiger charge is -2.29. The van der Waals surface area contributed by atoms with Gasteiger partial charge in [0.25, 0.3) is 5.91 Å². The summed E-state index contributed by atoms with van der Waals surface area (Å²) in [5, 5.41) is 5.15. The molecule has 38 heavy (non-hydrogen) atoms. The third kappa shape index (κ3) is 5.65. The van der Waals surface area contributed by atoms with Gasteiger partial charge in [0.05, 0.1) is 25.0 Å². The Morgan fingerprint density at radius 2 is 1.66 bits per heavy atom. The molecule has 1 aromatic heterocycles. The maximum atomic E-state index is 13.6. The molecule has 0 N–H and O–H groups in total. The minimum absolute atomic E-state index is 0.0387. The summed E-state index contributed by atoms with van der Waals surface area (Å²) in [6.07, 6.45) is 0.879. The van der Waals surface area contributed by atoms with Crippen molar-refractivity contribution in [3.8, 4) is 11.4 Å². The summed E-state index contributed by atoms with van der Waals surface area (Å²) in [6, 6.07) is 28.2. The number of carbonyl (C=O) groups is 1.